The summed E-state index contributed by atoms with van der Waals surface area (Å²) in [4.78, 5) is 11.1. The Kier molecular flexibility index (Phi) is 4.75. The van der Waals surface area contributed by atoms with Crippen LogP contribution in [-0.4, -0.2) is 16.2 Å². The van der Waals surface area contributed by atoms with Gasteiger partial charge in [-0.3, -0.25) is 0 Å². The number of carboxylic acid groups (broad SMARTS) is 1. The van der Waals surface area contributed by atoms with E-state index in [-0.39, 0.29) is 11.3 Å². The van der Waals surface area contributed by atoms with Crippen molar-refractivity contribution in [2.45, 2.75) is 0 Å². The largest absolute Gasteiger partial charge is 0.508 e. The fraction of sp³-hybridized carbons (Fsp3) is 0. The van der Waals surface area contributed by atoms with Crippen LogP contribution in [0.3, 0.4) is 0 Å². The molecule has 4 heteroatoms. The predicted octanol–water partition coefficient (Wildman–Crippen LogP) is 6.10. The topological polar surface area (TPSA) is 66.8 Å². The average molecular weight is 382 g/mol. The standard InChI is InChI=1S/C25H18O4/c1-16(25(27)28)17-7-11-21(12-8-17)29-24-22(18-5-3-2-4-6-18)13-9-19-15-20(26)10-14-23(19)24/h2-15,26H,1H2,(H,27,28). The van der Waals surface area contributed by atoms with Crippen LogP contribution in [0.4, 0.5) is 0 Å². The Morgan fingerprint density at radius 2 is 1.59 bits per heavy atom. The fourth-order valence-corrected chi connectivity index (χ4v) is 3.21. The van der Waals surface area contributed by atoms with E-state index in [4.69, 9.17) is 9.84 Å². The van der Waals surface area contributed by atoms with Gasteiger partial charge in [0.05, 0.1) is 5.57 Å². The second-order valence-corrected chi connectivity index (χ2v) is 6.62. The van der Waals surface area contributed by atoms with E-state index in [0.717, 1.165) is 21.9 Å². The molecule has 4 rings (SSSR count). The van der Waals surface area contributed by atoms with Gasteiger partial charge in [0, 0.05) is 10.9 Å². The lowest BCUT2D eigenvalue weighted by atomic mass is 9.99. The molecular formula is C25H18O4. The van der Waals surface area contributed by atoms with E-state index < -0.39 is 5.97 Å². The molecule has 0 heterocycles. The summed E-state index contributed by atoms with van der Waals surface area (Å²) < 4.78 is 6.25. The van der Waals surface area contributed by atoms with E-state index in [0.29, 0.717) is 17.1 Å². The highest BCUT2D eigenvalue weighted by Crippen LogP contribution is 2.40. The molecule has 4 aromatic rings. The maximum Gasteiger partial charge on any atom is 0.335 e. The molecule has 0 bridgehead atoms. The molecule has 0 radical (unpaired) electrons. The van der Waals surface area contributed by atoms with Crippen molar-refractivity contribution in [3.05, 3.63) is 97.1 Å². The van der Waals surface area contributed by atoms with E-state index in [1.807, 2.05) is 48.5 Å². The molecule has 29 heavy (non-hydrogen) atoms. The van der Waals surface area contributed by atoms with Crippen molar-refractivity contribution in [3.63, 3.8) is 0 Å². The monoisotopic (exact) mass is 382 g/mol. The zero-order valence-corrected chi connectivity index (χ0v) is 15.5. The maximum atomic E-state index is 11.1. The summed E-state index contributed by atoms with van der Waals surface area (Å²) in [6.07, 6.45) is 0. The summed E-state index contributed by atoms with van der Waals surface area (Å²) in [5, 5.41) is 20.6. The summed E-state index contributed by atoms with van der Waals surface area (Å²) in [5.41, 5.74) is 2.48. The highest BCUT2D eigenvalue weighted by atomic mass is 16.5. The van der Waals surface area contributed by atoms with E-state index in [1.54, 1.807) is 36.4 Å². The van der Waals surface area contributed by atoms with Gasteiger partial charge in [0.2, 0.25) is 0 Å². The number of benzene rings is 4. The molecule has 4 nitrogen and oxygen atoms in total. The minimum absolute atomic E-state index is 0.0298. The van der Waals surface area contributed by atoms with Gasteiger partial charge in [-0.25, -0.2) is 4.79 Å². The van der Waals surface area contributed by atoms with Crippen LogP contribution in [0.15, 0.2) is 91.5 Å². The molecule has 0 aliphatic rings. The van der Waals surface area contributed by atoms with Gasteiger partial charge in [0.1, 0.15) is 17.2 Å². The van der Waals surface area contributed by atoms with Crippen LogP contribution in [0.2, 0.25) is 0 Å². The van der Waals surface area contributed by atoms with Crippen LogP contribution in [-0.2, 0) is 4.79 Å². The van der Waals surface area contributed by atoms with Crippen molar-refractivity contribution in [1.29, 1.82) is 0 Å². The Hall–Kier alpha value is -4.05. The summed E-state index contributed by atoms with van der Waals surface area (Å²) in [7, 11) is 0. The third-order valence-corrected chi connectivity index (χ3v) is 4.72. The highest BCUT2D eigenvalue weighted by molar-refractivity contribution is 6.14. The fourth-order valence-electron chi connectivity index (χ4n) is 3.21. The summed E-state index contributed by atoms with van der Waals surface area (Å²) in [5.74, 6) is 0.370. The number of hydrogen-bond acceptors (Lipinski definition) is 3. The van der Waals surface area contributed by atoms with Crippen molar-refractivity contribution in [2.75, 3.05) is 0 Å². The maximum absolute atomic E-state index is 11.1. The van der Waals surface area contributed by atoms with Crippen molar-refractivity contribution in [1.82, 2.24) is 0 Å². The normalized spacial score (nSPS) is 10.6. The van der Waals surface area contributed by atoms with Gasteiger partial charge in [-0.2, -0.15) is 0 Å². The molecule has 0 unspecified atom stereocenters. The number of phenols is 1. The molecule has 0 aliphatic heterocycles. The number of carbonyl (C=O) groups is 1. The average Bonchev–Trinajstić information content (AvgIpc) is 2.74. The van der Waals surface area contributed by atoms with Gasteiger partial charge < -0.3 is 14.9 Å². The number of rotatable bonds is 5. The van der Waals surface area contributed by atoms with Crippen LogP contribution in [0.1, 0.15) is 5.56 Å². The lowest BCUT2D eigenvalue weighted by Gasteiger charge is -2.15. The van der Waals surface area contributed by atoms with Crippen LogP contribution in [0, 0.1) is 0 Å². The smallest absolute Gasteiger partial charge is 0.335 e. The first-order chi connectivity index (χ1) is 14.0. The molecule has 4 aromatic carbocycles. The second-order valence-electron chi connectivity index (χ2n) is 6.62. The van der Waals surface area contributed by atoms with E-state index in [9.17, 15) is 9.90 Å². The second kappa shape index (κ2) is 7.52. The number of aromatic hydroxyl groups is 1. The third-order valence-electron chi connectivity index (χ3n) is 4.72. The molecule has 0 amide bonds. The van der Waals surface area contributed by atoms with Crippen LogP contribution in [0.25, 0.3) is 27.5 Å². The number of ether oxygens (including phenoxy) is 1. The first-order valence-corrected chi connectivity index (χ1v) is 9.04. The molecule has 0 saturated carbocycles. The number of phenolic OH excluding ortho intramolecular Hbond substituents is 1. The first-order valence-electron chi connectivity index (χ1n) is 9.04. The third kappa shape index (κ3) is 3.69. The van der Waals surface area contributed by atoms with Gasteiger partial charge >= 0.3 is 5.97 Å². The van der Waals surface area contributed by atoms with E-state index in [1.165, 1.54) is 0 Å². The van der Waals surface area contributed by atoms with E-state index in [2.05, 4.69) is 6.58 Å². The highest BCUT2D eigenvalue weighted by Gasteiger charge is 2.13. The number of carboxylic acids is 1. The quantitative estimate of drug-likeness (QED) is 0.409. The number of fused-ring (bicyclic) bond motifs is 1. The lowest BCUT2D eigenvalue weighted by molar-refractivity contribution is -0.130. The van der Waals surface area contributed by atoms with E-state index >= 15 is 0 Å². The van der Waals surface area contributed by atoms with Gasteiger partial charge in [-0.1, -0.05) is 55.1 Å². The van der Waals surface area contributed by atoms with Crippen molar-refractivity contribution in [3.8, 4) is 28.4 Å². The van der Waals surface area contributed by atoms with Crippen LogP contribution in [0.5, 0.6) is 17.2 Å². The minimum atomic E-state index is -1.06. The molecule has 142 valence electrons. The molecule has 2 N–H and O–H groups in total. The van der Waals surface area contributed by atoms with Gasteiger partial charge in [-0.15, -0.1) is 0 Å². The summed E-state index contributed by atoms with van der Waals surface area (Å²) >= 11 is 0. The lowest BCUT2D eigenvalue weighted by Crippen LogP contribution is -1.97. The van der Waals surface area contributed by atoms with Gasteiger partial charge in [-0.05, 0) is 52.9 Å². The summed E-state index contributed by atoms with van der Waals surface area (Å²) in [6, 6.07) is 25.7. The van der Waals surface area contributed by atoms with Gasteiger partial charge in [0.15, 0.2) is 0 Å². The van der Waals surface area contributed by atoms with Gasteiger partial charge in [0.25, 0.3) is 0 Å². The zero-order valence-electron chi connectivity index (χ0n) is 15.5. The first kappa shape index (κ1) is 18.3. The van der Waals surface area contributed by atoms with Crippen molar-refractivity contribution >= 4 is 22.3 Å². The molecule has 0 fully saturated rings. The molecule has 0 aromatic heterocycles. The Morgan fingerprint density at radius 3 is 2.28 bits per heavy atom. The Morgan fingerprint density at radius 1 is 0.862 bits per heavy atom. The zero-order chi connectivity index (χ0) is 20.4. The van der Waals surface area contributed by atoms with Crippen LogP contribution < -0.4 is 4.74 Å². The van der Waals surface area contributed by atoms with Crippen molar-refractivity contribution in [2.24, 2.45) is 0 Å². The number of hydrogen-bond donors (Lipinski definition) is 2. The summed E-state index contributed by atoms with van der Waals surface area (Å²) in [6.45, 7) is 3.58. The molecule has 0 saturated heterocycles. The Balaban J connectivity index is 1.81. The molecular weight excluding hydrogens is 364 g/mol. The predicted molar refractivity (Wildman–Crippen MR) is 114 cm³/mol. The van der Waals surface area contributed by atoms with Crippen LogP contribution >= 0.6 is 0 Å². The SMILES string of the molecule is C=C(C(=O)O)c1ccc(Oc2c(-c3ccccc3)ccc3cc(O)ccc23)cc1. The molecule has 0 atom stereocenters. The minimum Gasteiger partial charge on any atom is -0.508 e. The van der Waals surface area contributed by atoms with Crippen molar-refractivity contribution < 1.29 is 19.7 Å². The Labute approximate surface area is 167 Å². The number of aliphatic carboxylic acids is 1. The Bertz CT molecular complexity index is 1210. The molecule has 0 aliphatic carbocycles. The molecule has 0 spiro atoms.